The van der Waals surface area contributed by atoms with Crippen LogP contribution in [0.1, 0.15) is 30.0 Å². The van der Waals surface area contributed by atoms with E-state index in [1.807, 2.05) is 30.3 Å². The summed E-state index contributed by atoms with van der Waals surface area (Å²) in [5.41, 5.74) is 3.37. The van der Waals surface area contributed by atoms with E-state index in [0.29, 0.717) is 37.2 Å². The molecule has 2 aromatic carbocycles. The molecule has 152 valence electrons. The number of rotatable bonds is 10. The van der Waals surface area contributed by atoms with Crippen molar-refractivity contribution in [1.29, 1.82) is 0 Å². The lowest BCUT2D eigenvalue weighted by atomic mass is 10.1. The third-order valence-corrected chi connectivity index (χ3v) is 5.46. The topological polar surface area (TPSA) is 62.7 Å². The van der Waals surface area contributed by atoms with Crippen molar-refractivity contribution in [3.63, 3.8) is 0 Å². The maximum atomic E-state index is 12.2. The maximum Gasteiger partial charge on any atom is 0.191 e. The fraction of sp³-hybridized carbons (Fsp3) is 0.409. The van der Waals surface area contributed by atoms with Crippen LogP contribution in [0.25, 0.3) is 0 Å². The van der Waals surface area contributed by atoms with E-state index in [-0.39, 0.29) is 0 Å². The van der Waals surface area contributed by atoms with Crippen LogP contribution in [0, 0.1) is 6.92 Å². The number of benzene rings is 2. The van der Waals surface area contributed by atoms with E-state index in [1.165, 1.54) is 5.56 Å². The third-order valence-electron chi connectivity index (χ3n) is 4.15. The second-order valence-electron chi connectivity index (χ2n) is 6.59. The van der Waals surface area contributed by atoms with E-state index < -0.39 is 10.8 Å². The van der Waals surface area contributed by atoms with Crippen molar-refractivity contribution in [3.8, 4) is 5.75 Å². The molecule has 1 atom stereocenters. The molecule has 0 saturated heterocycles. The molecular formula is C22H31N3O2S. The normalized spacial score (nSPS) is 12.5. The number of nitrogens with one attached hydrogen (secondary N) is 2. The smallest absolute Gasteiger partial charge is 0.191 e. The molecule has 0 aliphatic rings. The van der Waals surface area contributed by atoms with Crippen LogP contribution >= 0.6 is 0 Å². The van der Waals surface area contributed by atoms with Crippen molar-refractivity contribution >= 4 is 16.8 Å². The average Bonchev–Trinajstić information content (AvgIpc) is 2.70. The lowest BCUT2D eigenvalue weighted by Crippen LogP contribution is -2.38. The highest BCUT2D eigenvalue weighted by atomic mass is 32.2. The van der Waals surface area contributed by atoms with Crippen molar-refractivity contribution < 1.29 is 8.95 Å². The first kappa shape index (κ1) is 22.0. The van der Waals surface area contributed by atoms with Gasteiger partial charge in [0.15, 0.2) is 5.96 Å². The average molecular weight is 402 g/mol. The van der Waals surface area contributed by atoms with Crippen LogP contribution in [-0.4, -0.2) is 36.1 Å². The summed E-state index contributed by atoms with van der Waals surface area (Å²) in [6, 6.07) is 16.2. The zero-order valence-corrected chi connectivity index (χ0v) is 17.8. The molecule has 0 heterocycles. The molecule has 0 saturated carbocycles. The van der Waals surface area contributed by atoms with Crippen LogP contribution in [0.4, 0.5) is 0 Å². The first-order valence-electron chi connectivity index (χ1n) is 9.68. The molecule has 2 aromatic rings. The Bertz CT molecular complexity index is 779. The number of nitrogens with zero attached hydrogens (tertiary/aromatic N) is 1. The molecule has 5 nitrogen and oxygen atoms in total. The largest absolute Gasteiger partial charge is 0.493 e. The lowest BCUT2D eigenvalue weighted by Gasteiger charge is -2.15. The van der Waals surface area contributed by atoms with Gasteiger partial charge in [-0.25, -0.2) is 0 Å². The van der Waals surface area contributed by atoms with Crippen LogP contribution < -0.4 is 15.4 Å². The molecule has 1 unspecified atom stereocenters. The van der Waals surface area contributed by atoms with Gasteiger partial charge in [-0.05, 0) is 30.5 Å². The summed E-state index contributed by atoms with van der Waals surface area (Å²) in [6.45, 7) is 6.09. The standard InChI is InChI=1S/C22H31N3O2S/c1-4-13-27-21-15-18(2)10-11-20(21)16-25-22(23-3)24-12-14-28(26)17-19-8-6-5-7-9-19/h5-11,15H,4,12-14,16-17H2,1-3H3,(H2,23,24,25). The summed E-state index contributed by atoms with van der Waals surface area (Å²) < 4.78 is 18.1. The van der Waals surface area contributed by atoms with Crippen LogP contribution in [0.15, 0.2) is 53.5 Å². The monoisotopic (exact) mass is 401 g/mol. The Morgan fingerprint density at radius 3 is 2.64 bits per heavy atom. The van der Waals surface area contributed by atoms with Gasteiger partial charge in [0.25, 0.3) is 0 Å². The minimum atomic E-state index is -0.905. The zero-order chi connectivity index (χ0) is 20.2. The van der Waals surface area contributed by atoms with E-state index in [2.05, 4.69) is 47.7 Å². The number of guanidine groups is 1. The van der Waals surface area contributed by atoms with Crippen LogP contribution in [0.3, 0.4) is 0 Å². The molecule has 2 rings (SSSR count). The van der Waals surface area contributed by atoms with Crippen LogP contribution in [0.5, 0.6) is 5.75 Å². The highest BCUT2D eigenvalue weighted by Crippen LogP contribution is 2.20. The third kappa shape index (κ3) is 7.72. The van der Waals surface area contributed by atoms with Gasteiger partial charge in [-0.15, -0.1) is 0 Å². The molecule has 0 aliphatic carbocycles. The molecular weight excluding hydrogens is 370 g/mol. The van der Waals surface area contributed by atoms with Gasteiger partial charge < -0.3 is 15.4 Å². The molecule has 2 N–H and O–H groups in total. The lowest BCUT2D eigenvalue weighted by molar-refractivity contribution is 0.313. The molecule has 6 heteroatoms. The van der Waals surface area contributed by atoms with Gasteiger partial charge in [0.2, 0.25) is 0 Å². The van der Waals surface area contributed by atoms with E-state index in [9.17, 15) is 4.21 Å². The van der Waals surface area contributed by atoms with E-state index in [1.54, 1.807) is 7.05 Å². The van der Waals surface area contributed by atoms with E-state index in [0.717, 1.165) is 23.3 Å². The predicted molar refractivity (Wildman–Crippen MR) is 118 cm³/mol. The van der Waals surface area contributed by atoms with Crippen molar-refractivity contribution in [2.24, 2.45) is 4.99 Å². The number of hydrogen-bond donors (Lipinski definition) is 2. The van der Waals surface area contributed by atoms with Crippen molar-refractivity contribution in [1.82, 2.24) is 10.6 Å². The number of aliphatic imine (C=N–C) groups is 1. The Morgan fingerprint density at radius 2 is 1.93 bits per heavy atom. The van der Waals surface area contributed by atoms with Crippen molar-refractivity contribution in [2.75, 3.05) is 26.0 Å². The summed E-state index contributed by atoms with van der Waals surface area (Å²) in [5.74, 6) is 2.76. The van der Waals surface area contributed by atoms with Gasteiger partial charge in [-0.2, -0.15) is 0 Å². The Kier molecular flexibility index (Phi) is 9.55. The van der Waals surface area contributed by atoms with Gasteiger partial charge in [-0.1, -0.05) is 49.4 Å². The maximum absolute atomic E-state index is 12.2. The molecule has 0 radical (unpaired) electrons. The zero-order valence-electron chi connectivity index (χ0n) is 17.0. The molecule has 0 aliphatic heterocycles. The first-order valence-corrected chi connectivity index (χ1v) is 11.2. The quantitative estimate of drug-likeness (QED) is 0.473. The van der Waals surface area contributed by atoms with E-state index in [4.69, 9.17) is 4.74 Å². The van der Waals surface area contributed by atoms with Gasteiger partial charge in [0.05, 0.1) is 6.61 Å². The Labute approximate surface area is 171 Å². The van der Waals surface area contributed by atoms with E-state index >= 15 is 0 Å². The summed E-state index contributed by atoms with van der Waals surface area (Å²) >= 11 is 0. The number of ether oxygens (including phenoxy) is 1. The predicted octanol–water partition coefficient (Wildman–Crippen LogP) is 3.40. The Balaban J connectivity index is 1.79. The summed E-state index contributed by atoms with van der Waals surface area (Å²) in [6.07, 6.45) is 0.976. The van der Waals surface area contributed by atoms with Crippen LogP contribution in [-0.2, 0) is 23.1 Å². The fourth-order valence-electron chi connectivity index (χ4n) is 2.67. The first-order chi connectivity index (χ1) is 13.6. The minimum absolute atomic E-state index is 0.574. The molecule has 0 spiro atoms. The molecule has 0 amide bonds. The van der Waals surface area contributed by atoms with Gasteiger partial charge in [0, 0.05) is 48.0 Å². The van der Waals surface area contributed by atoms with Gasteiger partial charge in [-0.3, -0.25) is 9.20 Å². The number of aryl methyl sites for hydroxylation is 1. The Hall–Kier alpha value is -2.34. The highest BCUT2D eigenvalue weighted by molar-refractivity contribution is 7.84. The second-order valence-corrected chi connectivity index (χ2v) is 8.16. The highest BCUT2D eigenvalue weighted by Gasteiger charge is 2.07. The summed E-state index contributed by atoms with van der Waals surface area (Å²) in [5, 5.41) is 6.54. The van der Waals surface area contributed by atoms with Gasteiger partial charge in [0.1, 0.15) is 5.75 Å². The Morgan fingerprint density at radius 1 is 1.14 bits per heavy atom. The molecule has 0 bridgehead atoms. The SMILES string of the molecule is CCCOc1cc(C)ccc1CNC(=NC)NCCS(=O)Cc1ccccc1. The molecule has 0 aromatic heterocycles. The van der Waals surface area contributed by atoms with Gasteiger partial charge >= 0.3 is 0 Å². The fourth-order valence-corrected chi connectivity index (χ4v) is 3.71. The molecule has 28 heavy (non-hydrogen) atoms. The van der Waals surface area contributed by atoms with Crippen molar-refractivity contribution in [3.05, 3.63) is 65.2 Å². The van der Waals surface area contributed by atoms with Crippen molar-refractivity contribution in [2.45, 2.75) is 32.6 Å². The summed E-state index contributed by atoms with van der Waals surface area (Å²) in [7, 11) is 0.831. The number of hydrogen-bond acceptors (Lipinski definition) is 3. The minimum Gasteiger partial charge on any atom is -0.493 e. The van der Waals surface area contributed by atoms with Crippen LogP contribution in [0.2, 0.25) is 0 Å². The second kappa shape index (κ2) is 12.2. The summed E-state index contributed by atoms with van der Waals surface area (Å²) in [4.78, 5) is 4.25. The molecule has 0 fully saturated rings.